The van der Waals surface area contributed by atoms with Gasteiger partial charge in [0, 0.05) is 42.5 Å². The summed E-state index contributed by atoms with van der Waals surface area (Å²) >= 11 is 1.70. The number of rotatable bonds is 3. The molecule has 1 aliphatic rings. The van der Waals surface area contributed by atoms with Crippen LogP contribution in [0.3, 0.4) is 0 Å². The van der Waals surface area contributed by atoms with Crippen LogP contribution in [0, 0.1) is 6.92 Å². The molecule has 3 aromatic rings. The van der Waals surface area contributed by atoms with Gasteiger partial charge in [0.2, 0.25) is 0 Å². The summed E-state index contributed by atoms with van der Waals surface area (Å²) in [6.45, 7) is 5.36. The predicted octanol–water partition coefficient (Wildman–Crippen LogP) is 2.81. The van der Waals surface area contributed by atoms with E-state index in [0.29, 0.717) is 5.92 Å². The molecular formula is C15H19N5S. The minimum absolute atomic E-state index is 0.576. The summed E-state index contributed by atoms with van der Waals surface area (Å²) in [6.07, 6.45) is 6.47. The molecule has 0 aliphatic carbocycles. The second-order valence-electron chi connectivity index (χ2n) is 5.79. The van der Waals surface area contributed by atoms with Crippen LogP contribution < -0.4 is 0 Å². The Morgan fingerprint density at radius 1 is 1.48 bits per heavy atom. The standard InChI is InChI=1S/C15H19N5S/c1-11-14(20-7-8-21-15(20)17-11)10-19-6-2-3-12(9-19)13-4-5-16-18-13/h4-5,7-8,12H,2-3,6,9-10H2,1H3,(H,16,18)/t12-/m1/s1. The summed E-state index contributed by atoms with van der Waals surface area (Å²) in [4.78, 5) is 8.29. The van der Waals surface area contributed by atoms with E-state index < -0.39 is 0 Å². The Hall–Kier alpha value is -1.66. The van der Waals surface area contributed by atoms with Gasteiger partial charge in [-0.3, -0.25) is 14.4 Å². The van der Waals surface area contributed by atoms with E-state index in [0.717, 1.165) is 23.7 Å². The van der Waals surface area contributed by atoms with Gasteiger partial charge >= 0.3 is 0 Å². The Bertz CT molecular complexity index is 727. The van der Waals surface area contributed by atoms with Crippen LogP contribution in [0.1, 0.15) is 35.8 Å². The maximum Gasteiger partial charge on any atom is 0.194 e. The van der Waals surface area contributed by atoms with Crippen LogP contribution in [-0.4, -0.2) is 37.6 Å². The molecule has 0 bridgehead atoms. The zero-order valence-electron chi connectivity index (χ0n) is 12.1. The lowest BCUT2D eigenvalue weighted by molar-refractivity contribution is 0.195. The second kappa shape index (κ2) is 5.27. The van der Waals surface area contributed by atoms with Crippen molar-refractivity contribution in [3.8, 4) is 0 Å². The Labute approximate surface area is 127 Å². The van der Waals surface area contributed by atoms with Gasteiger partial charge in [-0.1, -0.05) is 0 Å². The fraction of sp³-hybridized carbons (Fsp3) is 0.467. The number of H-pyrrole nitrogens is 1. The number of hydrogen-bond donors (Lipinski definition) is 1. The first-order chi connectivity index (χ1) is 10.3. The van der Waals surface area contributed by atoms with Crippen LogP contribution in [0.25, 0.3) is 4.96 Å². The molecule has 0 radical (unpaired) electrons. The highest BCUT2D eigenvalue weighted by molar-refractivity contribution is 7.15. The van der Waals surface area contributed by atoms with Gasteiger partial charge in [-0.05, 0) is 32.4 Å². The van der Waals surface area contributed by atoms with Crippen LogP contribution >= 0.6 is 11.3 Å². The first-order valence-corrected chi connectivity index (χ1v) is 8.32. The van der Waals surface area contributed by atoms with Crippen molar-refractivity contribution in [3.63, 3.8) is 0 Å². The van der Waals surface area contributed by atoms with Crippen LogP contribution in [0.2, 0.25) is 0 Å². The van der Waals surface area contributed by atoms with Gasteiger partial charge in [0.05, 0.1) is 11.4 Å². The zero-order chi connectivity index (χ0) is 14.2. The van der Waals surface area contributed by atoms with E-state index in [-0.39, 0.29) is 0 Å². The van der Waals surface area contributed by atoms with Gasteiger partial charge in [-0.2, -0.15) is 5.10 Å². The molecular weight excluding hydrogens is 282 g/mol. The van der Waals surface area contributed by atoms with Gasteiger partial charge in [0.25, 0.3) is 0 Å². The van der Waals surface area contributed by atoms with Crippen molar-refractivity contribution in [1.29, 1.82) is 0 Å². The first kappa shape index (κ1) is 13.0. The Morgan fingerprint density at radius 2 is 2.43 bits per heavy atom. The zero-order valence-corrected chi connectivity index (χ0v) is 12.9. The van der Waals surface area contributed by atoms with E-state index in [2.05, 4.69) is 49.0 Å². The quantitative estimate of drug-likeness (QED) is 0.809. The molecule has 1 aliphatic heterocycles. The normalized spacial score (nSPS) is 20.3. The van der Waals surface area contributed by atoms with E-state index in [1.165, 1.54) is 30.8 Å². The molecule has 0 aromatic carbocycles. The third-order valence-corrected chi connectivity index (χ3v) is 5.16. The van der Waals surface area contributed by atoms with Gasteiger partial charge in [0.15, 0.2) is 4.96 Å². The highest BCUT2D eigenvalue weighted by Crippen LogP contribution is 2.27. The van der Waals surface area contributed by atoms with Crippen molar-refractivity contribution in [2.75, 3.05) is 13.1 Å². The SMILES string of the molecule is Cc1nc2sccn2c1CN1CCC[C@@H](c2ccn[nH]2)C1. The number of fused-ring (bicyclic) bond motifs is 1. The van der Waals surface area contributed by atoms with Crippen LogP contribution in [0.15, 0.2) is 23.8 Å². The molecule has 0 spiro atoms. The molecule has 110 valence electrons. The summed E-state index contributed by atoms with van der Waals surface area (Å²) in [5.41, 5.74) is 3.76. The number of likely N-dealkylation sites (tertiary alicyclic amines) is 1. The largest absolute Gasteiger partial charge is 0.297 e. The lowest BCUT2D eigenvalue weighted by atomic mass is 9.95. The average Bonchev–Trinajstić information content (AvgIpc) is 3.20. The molecule has 4 heterocycles. The van der Waals surface area contributed by atoms with E-state index >= 15 is 0 Å². The number of aromatic amines is 1. The van der Waals surface area contributed by atoms with Crippen LogP contribution in [0.4, 0.5) is 0 Å². The number of nitrogens with zero attached hydrogens (tertiary/aromatic N) is 4. The third-order valence-electron chi connectivity index (χ3n) is 4.40. The molecule has 1 atom stereocenters. The Morgan fingerprint density at radius 3 is 3.29 bits per heavy atom. The molecule has 0 unspecified atom stereocenters. The fourth-order valence-electron chi connectivity index (χ4n) is 3.29. The maximum atomic E-state index is 4.65. The number of hydrogen-bond acceptors (Lipinski definition) is 4. The van der Waals surface area contributed by atoms with Crippen molar-refractivity contribution >= 4 is 16.3 Å². The summed E-state index contributed by atoms with van der Waals surface area (Å²) in [6, 6.07) is 2.11. The minimum Gasteiger partial charge on any atom is -0.297 e. The average molecular weight is 301 g/mol. The molecule has 21 heavy (non-hydrogen) atoms. The van der Waals surface area contributed by atoms with E-state index in [4.69, 9.17) is 0 Å². The predicted molar refractivity (Wildman–Crippen MR) is 83.6 cm³/mol. The van der Waals surface area contributed by atoms with E-state index in [1.54, 1.807) is 11.3 Å². The van der Waals surface area contributed by atoms with E-state index in [9.17, 15) is 0 Å². The highest BCUT2D eigenvalue weighted by Gasteiger charge is 2.23. The topological polar surface area (TPSA) is 49.2 Å². The number of imidazole rings is 1. The second-order valence-corrected chi connectivity index (χ2v) is 6.66. The Balaban J connectivity index is 1.54. The van der Waals surface area contributed by atoms with Crippen molar-refractivity contribution in [1.82, 2.24) is 24.5 Å². The smallest absolute Gasteiger partial charge is 0.194 e. The number of piperidine rings is 1. The monoisotopic (exact) mass is 301 g/mol. The lowest BCUT2D eigenvalue weighted by Gasteiger charge is -2.32. The molecule has 5 nitrogen and oxygen atoms in total. The minimum atomic E-state index is 0.576. The molecule has 0 amide bonds. The molecule has 6 heteroatoms. The first-order valence-electron chi connectivity index (χ1n) is 7.44. The van der Waals surface area contributed by atoms with Gasteiger partial charge < -0.3 is 0 Å². The number of thiazole rings is 1. The molecule has 3 aromatic heterocycles. The van der Waals surface area contributed by atoms with Crippen LogP contribution in [-0.2, 0) is 6.54 Å². The molecule has 1 N–H and O–H groups in total. The summed E-state index contributed by atoms with van der Waals surface area (Å²) in [5, 5.41) is 9.33. The summed E-state index contributed by atoms with van der Waals surface area (Å²) in [7, 11) is 0. The third kappa shape index (κ3) is 2.38. The van der Waals surface area contributed by atoms with Crippen LogP contribution in [0.5, 0.6) is 0 Å². The summed E-state index contributed by atoms with van der Waals surface area (Å²) in [5.74, 6) is 0.576. The van der Waals surface area contributed by atoms with Gasteiger partial charge in [-0.15, -0.1) is 11.3 Å². The summed E-state index contributed by atoms with van der Waals surface area (Å²) < 4.78 is 2.24. The molecule has 4 rings (SSSR count). The maximum absolute atomic E-state index is 4.65. The van der Waals surface area contributed by atoms with Crippen molar-refractivity contribution in [2.24, 2.45) is 0 Å². The molecule has 1 saturated heterocycles. The number of nitrogens with one attached hydrogen (secondary N) is 1. The van der Waals surface area contributed by atoms with Gasteiger partial charge in [-0.25, -0.2) is 4.98 Å². The van der Waals surface area contributed by atoms with Gasteiger partial charge in [0.1, 0.15) is 0 Å². The Kier molecular flexibility index (Phi) is 3.27. The van der Waals surface area contributed by atoms with Crippen molar-refractivity contribution in [2.45, 2.75) is 32.2 Å². The fourth-order valence-corrected chi connectivity index (χ4v) is 4.07. The highest BCUT2D eigenvalue weighted by atomic mass is 32.1. The lowest BCUT2D eigenvalue weighted by Crippen LogP contribution is -2.34. The molecule has 1 fully saturated rings. The number of aromatic nitrogens is 4. The molecule has 0 saturated carbocycles. The van der Waals surface area contributed by atoms with E-state index in [1.807, 2.05) is 6.20 Å². The van der Waals surface area contributed by atoms with Crippen molar-refractivity contribution in [3.05, 3.63) is 40.9 Å². The van der Waals surface area contributed by atoms with Crippen molar-refractivity contribution < 1.29 is 0 Å². The number of aryl methyl sites for hydroxylation is 1.